The van der Waals surface area contributed by atoms with E-state index in [1.165, 1.54) is 18.4 Å². The first-order valence-electron chi connectivity index (χ1n) is 13.5. The Balaban J connectivity index is 1.56. The number of hydrogen-bond acceptors (Lipinski definition) is 4. The van der Waals surface area contributed by atoms with E-state index in [1.807, 2.05) is 43.3 Å². The number of likely N-dealkylation sites (N-methyl/N-ethyl adjacent to an activating group) is 1. The third-order valence-corrected chi connectivity index (χ3v) is 9.44. The largest absolute Gasteiger partial charge is 0.352 e. The van der Waals surface area contributed by atoms with Crippen molar-refractivity contribution in [3.8, 4) is 0 Å². The maximum Gasteiger partial charge on any atom is 0.243 e. The van der Waals surface area contributed by atoms with Crippen molar-refractivity contribution in [2.75, 3.05) is 13.6 Å². The molecule has 0 unspecified atom stereocenters. The Bertz CT molecular complexity index is 1410. The van der Waals surface area contributed by atoms with E-state index in [0.717, 1.165) is 46.3 Å². The Hall–Kier alpha value is -2.94. The van der Waals surface area contributed by atoms with E-state index in [2.05, 4.69) is 5.32 Å². The van der Waals surface area contributed by atoms with Crippen LogP contribution in [0, 0.1) is 0 Å². The second-order valence-electron chi connectivity index (χ2n) is 10.2. The first-order chi connectivity index (χ1) is 18.7. The highest BCUT2D eigenvalue weighted by Crippen LogP contribution is 2.23. The second kappa shape index (κ2) is 12.9. The normalized spacial score (nSPS) is 15.3. The van der Waals surface area contributed by atoms with E-state index in [0.29, 0.717) is 11.4 Å². The minimum Gasteiger partial charge on any atom is -0.352 e. The summed E-state index contributed by atoms with van der Waals surface area (Å²) in [5.74, 6) is -0.644. The van der Waals surface area contributed by atoms with Gasteiger partial charge in [0.1, 0.15) is 6.04 Å². The van der Waals surface area contributed by atoms with Gasteiger partial charge in [-0.05, 0) is 59.9 Å². The first kappa shape index (κ1) is 29.1. The summed E-state index contributed by atoms with van der Waals surface area (Å²) in [6.45, 7) is 1.63. The van der Waals surface area contributed by atoms with E-state index < -0.39 is 28.5 Å². The molecule has 39 heavy (non-hydrogen) atoms. The Morgan fingerprint density at radius 2 is 1.64 bits per heavy atom. The molecule has 0 radical (unpaired) electrons. The summed E-state index contributed by atoms with van der Waals surface area (Å²) in [6, 6.07) is 18.9. The van der Waals surface area contributed by atoms with Gasteiger partial charge in [-0.25, -0.2) is 8.42 Å². The summed E-state index contributed by atoms with van der Waals surface area (Å²) < 4.78 is 27.9. The van der Waals surface area contributed by atoms with Crippen LogP contribution in [0.5, 0.6) is 0 Å². The number of benzene rings is 3. The Kier molecular flexibility index (Phi) is 9.64. The van der Waals surface area contributed by atoms with Crippen molar-refractivity contribution in [1.82, 2.24) is 14.5 Å². The van der Waals surface area contributed by atoms with Gasteiger partial charge in [-0.1, -0.05) is 80.3 Å². The molecular formula is C30H36ClN3O4S. The lowest BCUT2D eigenvalue weighted by molar-refractivity contribution is -0.141. The molecular weight excluding hydrogens is 534 g/mol. The number of sulfonamides is 1. The average Bonchev–Trinajstić information content (AvgIpc) is 2.94. The minimum atomic E-state index is -3.95. The Morgan fingerprint density at radius 1 is 0.974 bits per heavy atom. The molecule has 0 heterocycles. The van der Waals surface area contributed by atoms with Crippen LogP contribution in [-0.4, -0.2) is 55.1 Å². The van der Waals surface area contributed by atoms with Gasteiger partial charge in [-0.2, -0.15) is 4.31 Å². The number of carbonyl (C=O) groups excluding carboxylic acids is 2. The summed E-state index contributed by atoms with van der Waals surface area (Å²) >= 11 is 6.06. The van der Waals surface area contributed by atoms with E-state index in [-0.39, 0.29) is 23.4 Å². The van der Waals surface area contributed by atoms with Gasteiger partial charge in [-0.3, -0.25) is 9.59 Å². The van der Waals surface area contributed by atoms with Crippen LogP contribution in [0.25, 0.3) is 10.8 Å². The molecule has 4 rings (SSSR count). The lowest BCUT2D eigenvalue weighted by Gasteiger charge is -2.33. The summed E-state index contributed by atoms with van der Waals surface area (Å²) in [6.07, 6.45) is 5.58. The topological polar surface area (TPSA) is 86.8 Å². The van der Waals surface area contributed by atoms with Gasteiger partial charge in [-0.15, -0.1) is 0 Å². The zero-order valence-electron chi connectivity index (χ0n) is 22.5. The van der Waals surface area contributed by atoms with Crippen LogP contribution < -0.4 is 5.32 Å². The standard InChI is InChI=1S/C30H36ClN3O4S/c1-3-28(30(36)32-26-11-5-4-6-12-26)34(20-22-13-16-25(31)17-14-22)29(35)21-33(2)39(37,38)27-18-15-23-9-7-8-10-24(23)19-27/h7-10,13-19,26,28H,3-6,11-12,20-21H2,1-2H3,(H,32,36)/t28-/m0/s1. The van der Waals surface area contributed by atoms with Crippen molar-refractivity contribution in [1.29, 1.82) is 0 Å². The predicted molar refractivity (Wildman–Crippen MR) is 155 cm³/mol. The van der Waals surface area contributed by atoms with Crippen LogP contribution in [-0.2, 0) is 26.2 Å². The maximum atomic E-state index is 13.7. The number of carbonyl (C=O) groups is 2. The van der Waals surface area contributed by atoms with E-state index in [9.17, 15) is 18.0 Å². The van der Waals surface area contributed by atoms with E-state index in [1.54, 1.807) is 30.3 Å². The van der Waals surface area contributed by atoms with Crippen molar-refractivity contribution in [3.05, 3.63) is 77.3 Å². The fraction of sp³-hybridized carbons (Fsp3) is 0.400. The molecule has 3 aromatic rings. The van der Waals surface area contributed by atoms with Gasteiger partial charge < -0.3 is 10.2 Å². The number of nitrogens with zero attached hydrogens (tertiary/aromatic N) is 2. The molecule has 2 amide bonds. The zero-order chi connectivity index (χ0) is 28.0. The molecule has 3 aromatic carbocycles. The number of halogens is 1. The smallest absolute Gasteiger partial charge is 0.243 e. The molecule has 1 N–H and O–H groups in total. The molecule has 1 atom stereocenters. The number of amides is 2. The van der Waals surface area contributed by atoms with Crippen LogP contribution in [0.2, 0.25) is 5.02 Å². The first-order valence-corrected chi connectivity index (χ1v) is 15.3. The van der Waals surface area contributed by atoms with Crippen LogP contribution in [0.3, 0.4) is 0 Å². The Morgan fingerprint density at radius 3 is 2.31 bits per heavy atom. The molecule has 208 valence electrons. The molecule has 1 aliphatic rings. The quantitative estimate of drug-likeness (QED) is 0.356. The Labute approximate surface area is 236 Å². The molecule has 0 aliphatic heterocycles. The van der Waals surface area contributed by atoms with Crippen molar-refractivity contribution in [2.45, 2.75) is 69.0 Å². The van der Waals surface area contributed by atoms with Crippen LogP contribution in [0.1, 0.15) is 51.0 Å². The molecule has 1 aliphatic carbocycles. The summed E-state index contributed by atoms with van der Waals surface area (Å²) in [4.78, 5) is 28.7. The number of rotatable bonds is 10. The molecule has 1 saturated carbocycles. The fourth-order valence-electron chi connectivity index (χ4n) is 5.12. The lowest BCUT2D eigenvalue weighted by Crippen LogP contribution is -2.53. The number of hydrogen-bond donors (Lipinski definition) is 1. The van der Waals surface area contributed by atoms with E-state index >= 15 is 0 Å². The highest BCUT2D eigenvalue weighted by atomic mass is 35.5. The number of nitrogens with one attached hydrogen (secondary N) is 1. The van der Waals surface area contributed by atoms with Crippen LogP contribution in [0.4, 0.5) is 0 Å². The van der Waals surface area contributed by atoms with Gasteiger partial charge >= 0.3 is 0 Å². The minimum absolute atomic E-state index is 0.101. The van der Waals surface area contributed by atoms with Gasteiger partial charge in [0.2, 0.25) is 21.8 Å². The van der Waals surface area contributed by atoms with Crippen molar-refractivity contribution in [2.24, 2.45) is 0 Å². The van der Waals surface area contributed by atoms with Crippen molar-refractivity contribution in [3.63, 3.8) is 0 Å². The monoisotopic (exact) mass is 569 g/mol. The molecule has 9 heteroatoms. The maximum absolute atomic E-state index is 13.7. The van der Waals surface area contributed by atoms with Crippen molar-refractivity contribution >= 4 is 44.2 Å². The highest BCUT2D eigenvalue weighted by molar-refractivity contribution is 7.89. The van der Waals surface area contributed by atoms with Gasteiger partial charge in [0.05, 0.1) is 11.4 Å². The molecule has 0 spiro atoms. The lowest BCUT2D eigenvalue weighted by atomic mass is 9.95. The molecule has 7 nitrogen and oxygen atoms in total. The molecule has 1 fully saturated rings. The predicted octanol–water partition coefficient (Wildman–Crippen LogP) is 5.37. The SMILES string of the molecule is CC[C@@H](C(=O)NC1CCCCC1)N(Cc1ccc(Cl)cc1)C(=O)CN(C)S(=O)(=O)c1ccc2ccccc2c1. The third-order valence-electron chi connectivity index (χ3n) is 7.39. The summed E-state index contributed by atoms with van der Waals surface area (Å²) in [5, 5.41) is 5.44. The highest BCUT2D eigenvalue weighted by Gasteiger charge is 2.33. The average molecular weight is 570 g/mol. The molecule has 0 bridgehead atoms. The zero-order valence-corrected chi connectivity index (χ0v) is 24.0. The van der Waals surface area contributed by atoms with Gasteiger partial charge in [0.15, 0.2) is 0 Å². The summed E-state index contributed by atoms with van der Waals surface area (Å²) in [5.41, 5.74) is 0.803. The molecule has 0 saturated heterocycles. The number of fused-ring (bicyclic) bond motifs is 1. The molecule has 0 aromatic heterocycles. The van der Waals surface area contributed by atoms with Crippen LogP contribution in [0.15, 0.2) is 71.6 Å². The van der Waals surface area contributed by atoms with Gasteiger partial charge in [0.25, 0.3) is 0 Å². The second-order valence-corrected chi connectivity index (χ2v) is 12.7. The summed E-state index contributed by atoms with van der Waals surface area (Å²) in [7, 11) is -2.55. The van der Waals surface area contributed by atoms with Crippen molar-refractivity contribution < 1.29 is 18.0 Å². The third kappa shape index (κ3) is 7.18. The fourth-order valence-corrected chi connectivity index (χ4v) is 6.41. The van der Waals surface area contributed by atoms with Gasteiger partial charge in [0, 0.05) is 24.7 Å². The van der Waals surface area contributed by atoms with Crippen LogP contribution >= 0.6 is 11.6 Å². The van der Waals surface area contributed by atoms with E-state index in [4.69, 9.17) is 11.6 Å².